The maximum absolute atomic E-state index is 6.19. The summed E-state index contributed by atoms with van der Waals surface area (Å²) in [4.78, 5) is 0. The quantitative estimate of drug-likeness (QED) is 0.885. The Labute approximate surface area is 138 Å². The number of ether oxygens (including phenoxy) is 2. The van der Waals surface area contributed by atoms with Gasteiger partial charge in [-0.15, -0.1) is 0 Å². The third-order valence-electron chi connectivity index (χ3n) is 4.35. The molecule has 0 bridgehead atoms. The second-order valence-corrected chi connectivity index (χ2v) is 6.13. The summed E-state index contributed by atoms with van der Waals surface area (Å²) in [5.74, 6) is 0. The number of hydrogen-bond acceptors (Lipinski definition) is 3. The first kappa shape index (κ1) is 16.2. The van der Waals surface area contributed by atoms with Crippen LogP contribution >= 0.6 is 0 Å². The third kappa shape index (κ3) is 4.64. The summed E-state index contributed by atoms with van der Waals surface area (Å²) in [7, 11) is 0. The van der Waals surface area contributed by atoms with Crippen molar-refractivity contribution >= 4 is 0 Å². The van der Waals surface area contributed by atoms with Crippen LogP contribution in [0.2, 0.25) is 0 Å². The molecule has 1 saturated heterocycles. The Morgan fingerprint density at radius 1 is 0.870 bits per heavy atom. The monoisotopic (exact) mass is 311 g/mol. The van der Waals surface area contributed by atoms with Crippen LogP contribution in [0.1, 0.15) is 24.5 Å². The van der Waals surface area contributed by atoms with Gasteiger partial charge in [0.05, 0.1) is 25.4 Å². The fourth-order valence-corrected chi connectivity index (χ4v) is 3.03. The summed E-state index contributed by atoms with van der Waals surface area (Å²) in [5.41, 5.74) is 2.41. The number of piperidine rings is 1. The maximum atomic E-state index is 6.19. The lowest BCUT2D eigenvalue weighted by Gasteiger charge is -2.37. The van der Waals surface area contributed by atoms with Gasteiger partial charge in [0, 0.05) is 6.04 Å². The lowest BCUT2D eigenvalue weighted by atomic mass is 9.99. The van der Waals surface area contributed by atoms with Crippen molar-refractivity contribution in [3.05, 3.63) is 71.8 Å². The van der Waals surface area contributed by atoms with Crippen LogP contribution in [-0.2, 0) is 22.7 Å². The lowest BCUT2D eigenvalue weighted by Crippen LogP contribution is -2.52. The second kappa shape index (κ2) is 8.25. The van der Waals surface area contributed by atoms with Crippen LogP contribution in [0.25, 0.3) is 0 Å². The fourth-order valence-electron chi connectivity index (χ4n) is 3.03. The van der Waals surface area contributed by atoms with Crippen LogP contribution < -0.4 is 5.32 Å². The average molecular weight is 311 g/mol. The topological polar surface area (TPSA) is 30.5 Å². The molecule has 0 radical (unpaired) electrons. The van der Waals surface area contributed by atoms with E-state index in [1.165, 1.54) is 11.1 Å². The van der Waals surface area contributed by atoms with Crippen molar-refractivity contribution < 1.29 is 9.47 Å². The molecule has 122 valence electrons. The van der Waals surface area contributed by atoms with Gasteiger partial charge in [-0.3, -0.25) is 0 Å². The van der Waals surface area contributed by atoms with E-state index < -0.39 is 0 Å². The highest BCUT2D eigenvalue weighted by atomic mass is 16.5. The van der Waals surface area contributed by atoms with Gasteiger partial charge < -0.3 is 14.8 Å². The molecule has 0 aliphatic carbocycles. The van der Waals surface area contributed by atoms with E-state index in [2.05, 4.69) is 36.5 Å². The second-order valence-electron chi connectivity index (χ2n) is 6.13. The summed E-state index contributed by atoms with van der Waals surface area (Å²) in [6, 6.07) is 20.9. The molecule has 0 saturated carbocycles. The molecule has 0 amide bonds. The van der Waals surface area contributed by atoms with E-state index >= 15 is 0 Å². The molecule has 0 spiro atoms. The summed E-state index contributed by atoms with van der Waals surface area (Å²) >= 11 is 0. The molecule has 23 heavy (non-hydrogen) atoms. The van der Waals surface area contributed by atoms with Crippen LogP contribution in [0, 0.1) is 0 Å². The largest absolute Gasteiger partial charge is 0.371 e. The predicted molar refractivity (Wildman–Crippen MR) is 92.1 cm³/mol. The lowest BCUT2D eigenvalue weighted by molar-refractivity contribution is -0.112. The van der Waals surface area contributed by atoms with Crippen molar-refractivity contribution in [3.8, 4) is 0 Å². The van der Waals surface area contributed by atoms with Crippen LogP contribution in [0.5, 0.6) is 0 Å². The van der Waals surface area contributed by atoms with Gasteiger partial charge in [0.2, 0.25) is 0 Å². The average Bonchev–Trinajstić information content (AvgIpc) is 2.61. The minimum atomic E-state index is 0.0765. The SMILES string of the molecule is C[C@H]1NCC[C@H](OCc2ccccc2)[C@H]1OCc1ccccc1. The molecule has 1 heterocycles. The number of benzene rings is 2. The van der Waals surface area contributed by atoms with Crippen molar-refractivity contribution in [3.63, 3.8) is 0 Å². The van der Waals surface area contributed by atoms with Crippen LogP contribution in [-0.4, -0.2) is 24.8 Å². The summed E-state index contributed by atoms with van der Waals surface area (Å²) in [6.45, 7) is 4.42. The van der Waals surface area contributed by atoms with Gasteiger partial charge in [-0.2, -0.15) is 0 Å². The Balaban J connectivity index is 1.58. The van der Waals surface area contributed by atoms with Crippen molar-refractivity contribution in [2.45, 2.75) is 44.8 Å². The van der Waals surface area contributed by atoms with Gasteiger partial charge in [-0.1, -0.05) is 60.7 Å². The smallest absolute Gasteiger partial charge is 0.0991 e. The van der Waals surface area contributed by atoms with E-state index in [0.717, 1.165) is 13.0 Å². The molecule has 3 rings (SSSR count). The Morgan fingerprint density at radius 3 is 2.04 bits per heavy atom. The molecular weight excluding hydrogens is 286 g/mol. The van der Waals surface area contributed by atoms with E-state index in [9.17, 15) is 0 Å². The highest BCUT2D eigenvalue weighted by molar-refractivity contribution is 5.14. The first-order valence-electron chi connectivity index (χ1n) is 8.37. The van der Waals surface area contributed by atoms with Crippen LogP contribution in [0.4, 0.5) is 0 Å². The van der Waals surface area contributed by atoms with Gasteiger partial charge in [0.1, 0.15) is 0 Å². The minimum Gasteiger partial charge on any atom is -0.371 e. The van der Waals surface area contributed by atoms with Gasteiger partial charge in [0.15, 0.2) is 0 Å². The van der Waals surface area contributed by atoms with Crippen molar-refractivity contribution in [2.75, 3.05) is 6.54 Å². The summed E-state index contributed by atoms with van der Waals surface area (Å²) in [6.07, 6.45) is 1.19. The molecule has 3 nitrogen and oxygen atoms in total. The Kier molecular flexibility index (Phi) is 5.81. The van der Waals surface area contributed by atoms with Gasteiger partial charge in [-0.05, 0) is 31.0 Å². The molecule has 2 aromatic rings. The summed E-state index contributed by atoms with van der Waals surface area (Å²) < 4.78 is 12.4. The van der Waals surface area contributed by atoms with Crippen molar-refractivity contribution in [1.29, 1.82) is 0 Å². The molecule has 0 aromatic heterocycles. The van der Waals surface area contributed by atoms with E-state index in [-0.39, 0.29) is 12.2 Å². The molecule has 3 heteroatoms. The zero-order valence-corrected chi connectivity index (χ0v) is 13.7. The predicted octanol–water partition coefficient (Wildman–Crippen LogP) is 3.54. The molecule has 1 aliphatic heterocycles. The molecule has 1 fully saturated rings. The van der Waals surface area contributed by atoms with E-state index in [1.54, 1.807) is 0 Å². The maximum Gasteiger partial charge on any atom is 0.0991 e. The van der Waals surface area contributed by atoms with Crippen LogP contribution in [0.3, 0.4) is 0 Å². The zero-order chi connectivity index (χ0) is 15.9. The molecule has 1 N–H and O–H groups in total. The molecular formula is C20H25NO2. The number of nitrogens with one attached hydrogen (secondary N) is 1. The third-order valence-corrected chi connectivity index (χ3v) is 4.35. The minimum absolute atomic E-state index is 0.0765. The molecule has 1 aliphatic rings. The highest BCUT2D eigenvalue weighted by Gasteiger charge is 2.32. The van der Waals surface area contributed by atoms with E-state index in [0.29, 0.717) is 19.3 Å². The first-order chi connectivity index (χ1) is 11.3. The summed E-state index contributed by atoms with van der Waals surface area (Å²) in [5, 5.41) is 3.49. The van der Waals surface area contributed by atoms with Gasteiger partial charge in [-0.25, -0.2) is 0 Å². The van der Waals surface area contributed by atoms with Gasteiger partial charge in [0.25, 0.3) is 0 Å². The Morgan fingerprint density at radius 2 is 1.43 bits per heavy atom. The molecule has 2 aromatic carbocycles. The zero-order valence-electron chi connectivity index (χ0n) is 13.7. The number of rotatable bonds is 6. The molecule has 3 atom stereocenters. The van der Waals surface area contributed by atoms with Gasteiger partial charge >= 0.3 is 0 Å². The van der Waals surface area contributed by atoms with E-state index in [4.69, 9.17) is 9.47 Å². The highest BCUT2D eigenvalue weighted by Crippen LogP contribution is 2.20. The normalized spacial score (nSPS) is 24.5. The first-order valence-corrected chi connectivity index (χ1v) is 8.37. The Bertz CT molecular complexity index is 573. The van der Waals surface area contributed by atoms with Crippen LogP contribution in [0.15, 0.2) is 60.7 Å². The Hall–Kier alpha value is -1.68. The van der Waals surface area contributed by atoms with Crippen molar-refractivity contribution in [2.24, 2.45) is 0 Å². The standard InChI is InChI=1S/C20H25NO2/c1-16-20(23-15-18-10-6-3-7-11-18)19(12-13-21-16)22-14-17-8-4-2-5-9-17/h2-11,16,19-21H,12-15H2,1H3/t16-,19+,20+/m1/s1. The number of hydrogen-bond donors (Lipinski definition) is 1. The molecule has 0 unspecified atom stereocenters. The fraction of sp³-hybridized carbons (Fsp3) is 0.400. The van der Waals surface area contributed by atoms with E-state index in [1.807, 2.05) is 36.4 Å². The van der Waals surface area contributed by atoms with Crippen molar-refractivity contribution in [1.82, 2.24) is 5.32 Å².